The van der Waals surface area contributed by atoms with Gasteiger partial charge in [-0.05, 0) is 18.4 Å². The van der Waals surface area contributed by atoms with E-state index in [1.165, 1.54) is 0 Å². The summed E-state index contributed by atoms with van der Waals surface area (Å²) in [5.74, 6) is -2.67. The fourth-order valence-electron chi connectivity index (χ4n) is 3.14. The van der Waals surface area contributed by atoms with Crippen molar-refractivity contribution in [2.75, 3.05) is 6.54 Å². The summed E-state index contributed by atoms with van der Waals surface area (Å²) in [4.78, 5) is 49.3. The molecule has 2 amide bonds. The summed E-state index contributed by atoms with van der Waals surface area (Å²) in [6, 6.07) is 7.79. The number of amides is 2. The Labute approximate surface area is 171 Å². The molecule has 158 valence electrons. The number of nitrogens with one attached hydrogen (secondary N) is 3. The number of aromatic amines is 1. The van der Waals surface area contributed by atoms with Gasteiger partial charge in [0.15, 0.2) is 11.8 Å². The van der Waals surface area contributed by atoms with E-state index in [1.54, 1.807) is 12.1 Å². The lowest BCUT2D eigenvalue weighted by Crippen LogP contribution is -2.40. The summed E-state index contributed by atoms with van der Waals surface area (Å²) < 4.78 is 5.15. The van der Waals surface area contributed by atoms with E-state index in [0.717, 1.165) is 12.0 Å². The van der Waals surface area contributed by atoms with Gasteiger partial charge in [0.25, 0.3) is 5.91 Å². The van der Waals surface area contributed by atoms with Gasteiger partial charge in [-0.15, -0.1) is 10.2 Å². The third-order valence-corrected chi connectivity index (χ3v) is 4.72. The molecular formula is C19H22N6O5. The second-order valence-corrected chi connectivity index (χ2v) is 6.89. The number of ether oxygens (including phenoxy) is 1. The van der Waals surface area contributed by atoms with Gasteiger partial charge in [0, 0.05) is 18.9 Å². The van der Waals surface area contributed by atoms with E-state index in [4.69, 9.17) is 4.74 Å². The third-order valence-electron chi connectivity index (χ3n) is 4.72. The largest absolute Gasteiger partial charge is 0.445 e. The summed E-state index contributed by atoms with van der Waals surface area (Å²) in [6.45, 7) is 0.451. The minimum atomic E-state index is -1.26. The topological polar surface area (TPSA) is 156 Å². The van der Waals surface area contributed by atoms with Gasteiger partial charge < -0.3 is 15.4 Å². The number of hydrogen-bond acceptors (Lipinski definition) is 8. The van der Waals surface area contributed by atoms with Crippen molar-refractivity contribution in [3.05, 3.63) is 41.7 Å². The highest BCUT2D eigenvalue weighted by Crippen LogP contribution is 2.21. The van der Waals surface area contributed by atoms with Crippen molar-refractivity contribution in [3.63, 3.8) is 0 Å². The van der Waals surface area contributed by atoms with E-state index in [2.05, 4.69) is 31.3 Å². The van der Waals surface area contributed by atoms with Crippen LogP contribution in [0.15, 0.2) is 30.3 Å². The van der Waals surface area contributed by atoms with Gasteiger partial charge in [-0.2, -0.15) is 5.21 Å². The van der Waals surface area contributed by atoms with Gasteiger partial charge in [0.05, 0.1) is 0 Å². The number of tetrazole rings is 1. The van der Waals surface area contributed by atoms with Gasteiger partial charge in [-0.1, -0.05) is 42.0 Å². The maximum absolute atomic E-state index is 12.9. The van der Waals surface area contributed by atoms with Gasteiger partial charge in [-0.3, -0.25) is 14.4 Å². The van der Waals surface area contributed by atoms with Crippen molar-refractivity contribution < 1.29 is 23.9 Å². The molecule has 11 nitrogen and oxygen atoms in total. The van der Waals surface area contributed by atoms with E-state index >= 15 is 0 Å². The average molecular weight is 414 g/mol. The summed E-state index contributed by atoms with van der Waals surface area (Å²) >= 11 is 0. The van der Waals surface area contributed by atoms with Crippen molar-refractivity contribution in [1.82, 2.24) is 31.3 Å². The molecular weight excluding hydrogens is 392 g/mol. The maximum Gasteiger partial charge on any atom is 0.408 e. The Hall–Kier alpha value is -3.63. The lowest BCUT2D eigenvalue weighted by atomic mass is 9.88. The molecule has 2 atom stereocenters. The second kappa shape index (κ2) is 10.2. The molecule has 2 unspecified atom stereocenters. The molecule has 1 aliphatic heterocycles. The molecule has 0 aliphatic carbocycles. The molecule has 1 saturated heterocycles. The number of alkyl carbamates (subject to hydrolysis) is 1. The number of ketones is 2. The van der Waals surface area contributed by atoms with E-state index in [-0.39, 0.29) is 18.9 Å². The zero-order chi connectivity index (χ0) is 21.3. The molecule has 1 fully saturated rings. The summed E-state index contributed by atoms with van der Waals surface area (Å²) in [5.41, 5.74) is 0.779. The molecule has 2 heterocycles. The van der Waals surface area contributed by atoms with Crippen LogP contribution in [0.3, 0.4) is 0 Å². The van der Waals surface area contributed by atoms with Crippen LogP contribution in [0.25, 0.3) is 0 Å². The van der Waals surface area contributed by atoms with E-state index in [0.29, 0.717) is 19.4 Å². The average Bonchev–Trinajstić information content (AvgIpc) is 3.28. The first-order chi connectivity index (χ1) is 14.5. The number of carbonyl (C=O) groups is 4. The molecule has 0 bridgehead atoms. The summed E-state index contributed by atoms with van der Waals surface area (Å²) in [7, 11) is 0. The monoisotopic (exact) mass is 414 g/mol. The van der Waals surface area contributed by atoms with Crippen molar-refractivity contribution in [2.24, 2.45) is 5.92 Å². The zero-order valence-corrected chi connectivity index (χ0v) is 16.2. The standard InChI is InChI=1S/C19H22N6O5/c26-14(10-13-8-4-5-9-20-18(28)16(13)27)15(17-22-24-25-23-17)21-19(29)30-11-12-6-2-1-3-7-12/h1-3,6-7,13,15H,4-5,8-11H2,(H,20,28)(H,21,29)(H,22,23,24,25). The Balaban J connectivity index is 1.65. The molecule has 1 aliphatic rings. The quantitative estimate of drug-likeness (QED) is 0.556. The van der Waals surface area contributed by atoms with Crippen LogP contribution in [0.5, 0.6) is 0 Å². The zero-order valence-electron chi connectivity index (χ0n) is 16.2. The molecule has 0 spiro atoms. The van der Waals surface area contributed by atoms with Gasteiger partial charge in [0.2, 0.25) is 11.6 Å². The lowest BCUT2D eigenvalue weighted by molar-refractivity contribution is -0.141. The maximum atomic E-state index is 12.9. The number of H-pyrrole nitrogens is 1. The van der Waals surface area contributed by atoms with Crippen LogP contribution in [-0.4, -0.2) is 50.7 Å². The molecule has 0 saturated carbocycles. The molecule has 0 radical (unpaired) electrons. The van der Waals surface area contributed by atoms with Crippen LogP contribution in [0.4, 0.5) is 4.79 Å². The number of rotatable bonds is 7. The van der Waals surface area contributed by atoms with E-state index in [1.807, 2.05) is 18.2 Å². The SMILES string of the molecule is O=C(NC(C(=O)CC1CCCCNC(=O)C1=O)c1nn[nH]n1)OCc1ccccc1. The normalized spacial score (nSPS) is 17.9. The Morgan fingerprint density at radius 1 is 1.20 bits per heavy atom. The van der Waals surface area contributed by atoms with Crippen molar-refractivity contribution >= 4 is 23.6 Å². The number of carbonyl (C=O) groups excluding carboxylic acids is 4. The third kappa shape index (κ3) is 5.69. The second-order valence-electron chi connectivity index (χ2n) is 6.89. The molecule has 2 aromatic rings. The van der Waals surface area contributed by atoms with E-state index in [9.17, 15) is 19.2 Å². The highest BCUT2D eigenvalue weighted by molar-refractivity contribution is 6.37. The number of hydrogen-bond donors (Lipinski definition) is 3. The Morgan fingerprint density at radius 2 is 2.00 bits per heavy atom. The summed E-state index contributed by atoms with van der Waals surface area (Å²) in [6.07, 6.45) is 0.759. The number of aromatic nitrogens is 4. The molecule has 1 aromatic carbocycles. The number of benzene rings is 1. The highest BCUT2D eigenvalue weighted by atomic mass is 16.5. The molecule has 11 heteroatoms. The van der Waals surface area contributed by atoms with Crippen molar-refractivity contribution in [2.45, 2.75) is 38.3 Å². The predicted molar refractivity (Wildman–Crippen MR) is 102 cm³/mol. The highest BCUT2D eigenvalue weighted by Gasteiger charge is 2.34. The minimum Gasteiger partial charge on any atom is -0.445 e. The van der Waals surface area contributed by atoms with Crippen LogP contribution < -0.4 is 10.6 Å². The fraction of sp³-hybridized carbons (Fsp3) is 0.421. The Kier molecular flexibility index (Phi) is 7.19. The number of nitrogens with zero attached hydrogens (tertiary/aromatic N) is 3. The lowest BCUT2D eigenvalue weighted by Gasteiger charge is -2.20. The van der Waals surface area contributed by atoms with Crippen LogP contribution in [0.2, 0.25) is 0 Å². The molecule has 1 aromatic heterocycles. The molecule has 3 rings (SSSR count). The van der Waals surface area contributed by atoms with Crippen LogP contribution >= 0.6 is 0 Å². The van der Waals surface area contributed by atoms with Gasteiger partial charge in [0.1, 0.15) is 6.61 Å². The first kappa shape index (κ1) is 21.1. The predicted octanol–water partition coefficient (Wildman–Crippen LogP) is 0.612. The van der Waals surface area contributed by atoms with Gasteiger partial charge >= 0.3 is 6.09 Å². The van der Waals surface area contributed by atoms with Crippen LogP contribution in [0.1, 0.15) is 43.1 Å². The fourth-order valence-corrected chi connectivity index (χ4v) is 3.14. The van der Waals surface area contributed by atoms with E-state index < -0.39 is 35.5 Å². The van der Waals surface area contributed by atoms with Gasteiger partial charge in [-0.25, -0.2) is 4.79 Å². The summed E-state index contributed by atoms with van der Waals surface area (Å²) in [5, 5.41) is 18.1. The molecule has 30 heavy (non-hydrogen) atoms. The minimum absolute atomic E-state index is 0.0150. The Morgan fingerprint density at radius 3 is 2.73 bits per heavy atom. The van der Waals surface area contributed by atoms with Crippen molar-refractivity contribution in [3.8, 4) is 0 Å². The van der Waals surface area contributed by atoms with Crippen LogP contribution in [0, 0.1) is 5.92 Å². The smallest absolute Gasteiger partial charge is 0.408 e. The van der Waals surface area contributed by atoms with Crippen molar-refractivity contribution in [1.29, 1.82) is 0 Å². The van der Waals surface area contributed by atoms with Crippen LogP contribution in [-0.2, 0) is 25.7 Å². The number of Topliss-reactive ketones (excluding diaryl/α,β-unsaturated/α-hetero) is 2. The molecule has 3 N–H and O–H groups in total. The Bertz CT molecular complexity index is 886. The first-order valence-electron chi connectivity index (χ1n) is 9.60. The first-order valence-corrected chi connectivity index (χ1v) is 9.60.